The average molecular weight is 430 g/mol. The Kier molecular flexibility index (Phi) is 4.78. The summed E-state index contributed by atoms with van der Waals surface area (Å²) < 4.78 is 0.819. The summed E-state index contributed by atoms with van der Waals surface area (Å²) in [6, 6.07) is 9.95. The largest absolute Gasteiger partial charge is 0.478 e. The second-order valence-corrected chi connectivity index (χ2v) is 6.46. The van der Waals surface area contributed by atoms with Crippen LogP contribution in [0.1, 0.15) is 20.7 Å². The number of carboxylic acid groups (broad SMARTS) is 2. The van der Waals surface area contributed by atoms with Crippen molar-refractivity contribution in [2.24, 2.45) is 0 Å². The number of nitrogen functional groups attached to an aromatic ring is 1. The summed E-state index contributed by atoms with van der Waals surface area (Å²) in [5.74, 6) is -3.40. The van der Waals surface area contributed by atoms with Gasteiger partial charge in [0.15, 0.2) is 0 Å². The number of aromatic nitrogens is 2. The Hall–Kier alpha value is -3.46. The zero-order chi connectivity index (χ0) is 19.7. The Morgan fingerprint density at radius 1 is 0.963 bits per heavy atom. The average Bonchev–Trinajstić information content (AvgIpc) is 2.61. The van der Waals surface area contributed by atoms with Gasteiger partial charge in [0.1, 0.15) is 16.9 Å². The summed E-state index contributed by atoms with van der Waals surface area (Å²) in [6.07, 6.45) is 1.63. The molecule has 5 N–H and O–H groups in total. The van der Waals surface area contributed by atoms with E-state index in [1.54, 1.807) is 24.4 Å². The molecule has 0 fully saturated rings. The van der Waals surface area contributed by atoms with E-state index in [2.05, 4.69) is 25.9 Å². The number of aromatic carboxylic acids is 2. The molecule has 0 unspecified atom stereocenters. The summed E-state index contributed by atoms with van der Waals surface area (Å²) in [7, 11) is 0. The number of rotatable bonds is 4. The molecule has 0 saturated carbocycles. The van der Waals surface area contributed by atoms with Crippen molar-refractivity contribution >= 4 is 33.7 Å². The summed E-state index contributed by atoms with van der Waals surface area (Å²) in [5.41, 5.74) is 4.90. The zero-order valence-corrected chi connectivity index (χ0v) is 15.1. The Morgan fingerprint density at radius 3 is 2.07 bits per heavy atom. The van der Waals surface area contributed by atoms with Gasteiger partial charge in [-0.15, -0.1) is 0 Å². The van der Waals surface area contributed by atoms with Crippen molar-refractivity contribution in [1.82, 2.24) is 9.97 Å². The maximum Gasteiger partial charge on any atom is 0.342 e. The van der Waals surface area contributed by atoms with Gasteiger partial charge in [-0.05, 0) is 33.6 Å². The van der Waals surface area contributed by atoms with Crippen LogP contribution >= 0.6 is 15.9 Å². The van der Waals surface area contributed by atoms with Crippen LogP contribution in [0.5, 0.6) is 0 Å². The van der Waals surface area contributed by atoms with E-state index >= 15 is 0 Å². The van der Waals surface area contributed by atoms with Gasteiger partial charge in [-0.3, -0.25) is 9.78 Å². The highest BCUT2D eigenvalue weighted by Crippen LogP contribution is 2.30. The summed E-state index contributed by atoms with van der Waals surface area (Å²) in [4.78, 5) is 41.5. The van der Waals surface area contributed by atoms with Crippen molar-refractivity contribution < 1.29 is 19.8 Å². The third-order valence-corrected chi connectivity index (χ3v) is 4.34. The molecule has 27 heavy (non-hydrogen) atoms. The topological polar surface area (TPSA) is 146 Å². The van der Waals surface area contributed by atoms with Gasteiger partial charge in [0, 0.05) is 21.8 Å². The lowest BCUT2D eigenvalue weighted by atomic mass is 9.94. The number of pyridine rings is 2. The summed E-state index contributed by atoms with van der Waals surface area (Å²) in [5, 5.41) is 18.8. The van der Waals surface area contributed by atoms with Crippen molar-refractivity contribution in [1.29, 1.82) is 0 Å². The predicted molar refractivity (Wildman–Crippen MR) is 102 cm³/mol. The van der Waals surface area contributed by atoms with E-state index in [0.29, 0.717) is 5.69 Å². The number of nitrogens with one attached hydrogen (secondary N) is 1. The van der Waals surface area contributed by atoms with E-state index in [-0.39, 0.29) is 11.1 Å². The minimum absolute atomic E-state index is 0.239. The first-order valence-electron chi connectivity index (χ1n) is 7.54. The van der Waals surface area contributed by atoms with Crippen molar-refractivity contribution in [2.45, 2.75) is 0 Å². The van der Waals surface area contributed by atoms with E-state index in [0.717, 1.165) is 10.0 Å². The lowest BCUT2D eigenvalue weighted by molar-refractivity contribution is 0.0695. The third-order valence-electron chi connectivity index (χ3n) is 3.87. The molecule has 136 valence electrons. The van der Waals surface area contributed by atoms with Gasteiger partial charge in [0.2, 0.25) is 0 Å². The predicted octanol–water partition coefficient (Wildman–Crippen LogP) is 2.85. The molecule has 0 atom stereocenters. The first-order chi connectivity index (χ1) is 12.8. The van der Waals surface area contributed by atoms with Crippen LogP contribution in [0.3, 0.4) is 0 Å². The number of benzene rings is 1. The lowest BCUT2D eigenvalue weighted by Crippen LogP contribution is -2.24. The minimum Gasteiger partial charge on any atom is -0.478 e. The maximum atomic E-state index is 12.0. The second-order valence-electron chi connectivity index (χ2n) is 5.54. The third kappa shape index (κ3) is 3.44. The van der Waals surface area contributed by atoms with Gasteiger partial charge in [0.05, 0.1) is 5.69 Å². The van der Waals surface area contributed by atoms with Crippen LogP contribution in [-0.2, 0) is 0 Å². The molecule has 0 aliphatic heterocycles. The first-order valence-corrected chi connectivity index (χ1v) is 8.33. The zero-order valence-electron chi connectivity index (χ0n) is 13.6. The van der Waals surface area contributed by atoms with Crippen molar-refractivity contribution in [3.05, 3.63) is 68.5 Å². The fourth-order valence-electron chi connectivity index (χ4n) is 2.69. The Labute approximate surface area is 160 Å². The highest BCUT2D eigenvalue weighted by Gasteiger charge is 2.26. The van der Waals surface area contributed by atoms with Gasteiger partial charge in [0.25, 0.3) is 5.56 Å². The standard InChI is InChI=1S/C18H12BrN3O5/c19-10-5-6-11(21-7-10)8-1-3-9(4-2-8)12-13(17(24)25)15(20)22-16(23)14(12)18(26)27/h1-7H,(H,24,25)(H,26,27)(H3,20,22,23). The molecule has 0 spiro atoms. The Morgan fingerprint density at radius 2 is 1.56 bits per heavy atom. The van der Waals surface area contributed by atoms with E-state index in [1.807, 2.05) is 6.07 Å². The van der Waals surface area contributed by atoms with E-state index in [1.165, 1.54) is 12.1 Å². The van der Waals surface area contributed by atoms with Gasteiger partial charge in [-0.1, -0.05) is 24.3 Å². The summed E-state index contributed by atoms with van der Waals surface area (Å²) in [6.45, 7) is 0. The molecule has 0 bridgehead atoms. The lowest BCUT2D eigenvalue weighted by Gasteiger charge is -2.12. The molecule has 1 aromatic carbocycles. The van der Waals surface area contributed by atoms with Crippen LogP contribution < -0.4 is 11.3 Å². The maximum absolute atomic E-state index is 12.0. The number of anilines is 1. The van der Waals surface area contributed by atoms with Crippen molar-refractivity contribution in [3.63, 3.8) is 0 Å². The molecule has 9 heteroatoms. The van der Waals surface area contributed by atoms with Crippen LogP contribution in [0.2, 0.25) is 0 Å². The molecule has 0 aliphatic rings. The smallest absolute Gasteiger partial charge is 0.342 e. The fraction of sp³-hybridized carbons (Fsp3) is 0. The van der Waals surface area contributed by atoms with Crippen LogP contribution in [0, 0.1) is 0 Å². The highest BCUT2D eigenvalue weighted by atomic mass is 79.9. The molecule has 3 rings (SSSR count). The first kappa shape index (κ1) is 18.3. The molecule has 3 aromatic rings. The number of aromatic amines is 1. The molecule has 0 amide bonds. The Bertz CT molecular complexity index is 1110. The molecule has 8 nitrogen and oxygen atoms in total. The molecule has 0 radical (unpaired) electrons. The van der Waals surface area contributed by atoms with Crippen molar-refractivity contribution in [2.75, 3.05) is 5.73 Å². The SMILES string of the molecule is Nc1[nH]c(=O)c(C(=O)O)c(-c2ccc(-c3ccc(Br)cn3)cc2)c1C(=O)O. The number of halogens is 1. The van der Waals surface area contributed by atoms with Crippen LogP contribution in [0.15, 0.2) is 51.9 Å². The molecular formula is C18H12BrN3O5. The minimum atomic E-state index is -1.55. The van der Waals surface area contributed by atoms with E-state index in [9.17, 15) is 24.6 Å². The van der Waals surface area contributed by atoms with Gasteiger partial charge in [-0.2, -0.15) is 0 Å². The monoisotopic (exact) mass is 429 g/mol. The normalized spacial score (nSPS) is 10.6. The van der Waals surface area contributed by atoms with E-state index < -0.39 is 34.4 Å². The quantitative estimate of drug-likeness (QED) is 0.498. The highest BCUT2D eigenvalue weighted by molar-refractivity contribution is 9.10. The van der Waals surface area contributed by atoms with E-state index in [4.69, 9.17) is 5.73 Å². The van der Waals surface area contributed by atoms with Crippen LogP contribution in [0.4, 0.5) is 5.82 Å². The van der Waals surface area contributed by atoms with Gasteiger partial charge >= 0.3 is 11.9 Å². The molecule has 0 aliphatic carbocycles. The fourth-order valence-corrected chi connectivity index (χ4v) is 2.92. The number of nitrogens with zero attached hydrogens (tertiary/aromatic N) is 1. The number of nitrogens with two attached hydrogens (primary N) is 1. The van der Waals surface area contributed by atoms with Gasteiger partial charge < -0.3 is 20.9 Å². The number of carbonyl (C=O) groups is 2. The number of hydrogen-bond acceptors (Lipinski definition) is 5. The van der Waals surface area contributed by atoms with Crippen LogP contribution in [-0.4, -0.2) is 32.1 Å². The number of H-pyrrole nitrogens is 1. The number of carboxylic acids is 2. The molecule has 2 aromatic heterocycles. The Balaban J connectivity index is 2.21. The molecule has 2 heterocycles. The second kappa shape index (κ2) is 7.04. The van der Waals surface area contributed by atoms with Gasteiger partial charge in [-0.25, -0.2) is 9.59 Å². The number of hydrogen-bond donors (Lipinski definition) is 4. The molecular weight excluding hydrogens is 418 g/mol. The molecule has 0 saturated heterocycles. The van der Waals surface area contributed by atoms with Crippen molar-refractivity contribution in [3.8, 4) is 22.4 Å². The van der Waals surface area contributed by atoms with Crippen LogP contribution in [0.25, 0.3) is 22.4 Å². The summed E-state index contributed by atoms with van der Waals surface area (Å²) >= 11 is 3.30.